The van der Waals surface area contributed by atoms with Crippen molar-refractivity contribution in [2.24, 2.45) is 0 Å². The molecule has 6 N–H and O–H groups in total. The fraction of sp³-hybridized carbons (Fsp3) is 0.710. The van der Waals surface area contributed by atoms with Crippen LogP contribution in [-0.4, -0.2) is 99.6 Å². The number of unbranched alkanes of at least 4 members (excludes halogenated alkanes) is 23. The fourth-order valence-electron chi connectivity index (χ4n) is 8.47. The summed E-state index contributed by atoms with van der Waals surface area (Å²) in [6, 6.07) is -1.05. The van der Waals surface area contributed by atoms with E-state index < -0.39 is 67.4 Å². The van der Waals surface area contributed by atoms with Crippen molar-refractivity contribution < 1.29 is 49.3 Å². The fourth-order valence-corrected chi connectivity index (χ4v) is 8.47. The molecular weight excluding hydrogens is 919 g/mol. The Hall–Kier alpha value is -3.42. The lowest BCUT2D eigenvalue weighted by atomic mass is 9.99. The first kappa shape index (κ1) is 67.6. The summed E-state index contributed by atoms with van der Waals surface area (Å²) in [7, 11) is 0. The number of ether oxygens (including phenoxy) is 3. The summed E-state index contributed by atoms with van der Waals surface area (Å²) in [5.41, 5.74) is 0. The number of hydrogen-bond acceptors (Lipinski definition) is 10. The molecule has 0 aliphatic carbocycles. The molecule has 1 amide bonds. The van der Waals surface area contributed by atoms with Gasteiger partial charge in [0.05, 0.1) is 25.4 Å². The molecule has 0 spiro atoms. The van der Waals surface area contributed by atoms with Gasteiger partial charge in [-0.2, -0.15) is 0 Å². The van der Waals surface area contributed by atoms with E-state index in [4.69, 9.17) is 14.2 Å². The molecular formula is C62H105NO10. The number of esters is 1. The Morgan fingerprint density at radius 3 is 1.62 bits per heavy atom. The summed E-state index contributed by atoms with van der Waals surface area (Å²) in [4.78, 5) is 26.4. The molecule has 0 bridgehead atoms. The lowest BCUT2D eigenvalue weighted by Crippen LogP contribution is -2.61. The van der Waals surface area contributed by atoms with E-state index in [1.165, 1.54) is 89.9 Å². The van der Waals surface area contributed by atoms with Gasteiger partial charge in [0.15, 0.2) is 12.4 Å². The van der Waals surface area contributed by atoms with Crippen LogP contribution in [0.15, 0.2) is 97.2 Å². The highest BCUT2D eigenvalue weighted by atomic mass is 16.7. The third-order valence-electron chi connectivity index (χ3n) is 13.1. The number of carbonyl (C=O) groups excluding carboxylic acids is 2. The van der Waals surface area contributed by atoms with Gasteiger partial charge >= 0.3 is 5.97 Å². The first-order valence-corrected chi connectivity index (χ1v) is 29.1. The van der Waals surface area contributed by atoms with E-state index in [0.29, 0.717) is 12.8 Å². The number of aliphatic hydroxyl groups is 5. The minimum atomic E-state index is -1.63. The second kappa shape index (κ2) is 49.5. The molecule has 1 fully saturated rings. The van der Waals surface area contributed by atoms with Crippen LogP contribution < -0.4 is 5.32 Å². The molecule has 0 saturated carbocycles. The molecule has 8 atom stereocenters. The average Bonchev–Trinajstić information content (AvgIpc) is 3.39. The van der Waals surface area contributed by atoms with E-state index in [0.717, 1.165) is 83.5 Å². The first-order valence-electron chi connectivity index (χ1n) is 29.1. The summed E-state index contributed by atoms with van der Waals surface area (Å²) in [6.07, 6.45) is 54.5. The molecule has 1 heterocycles. The van der Waals surface area contributed by atoms with E-state index in [9.17, 15) is 35.1 Å². The number of rotatable bonds is 47. The van der Waals surface area contributed by atoms with Crippen LogP contribution in [0, 0.1) is 0 Å². The number of amides is 1. The largest absolute Gasteiger partial charge is 0.454 e. The Kier molecular flexibility index (Phi) is 45.8. The van der Waals surface area contributed by atoms with Gasteiger partial charge in [-0.25, -0.2) is 0 Å². The Balaban J connectivity index is 2.73. The zero-order valence-corrected chi connectivity index (χ0v) is 46.0. The number of nitrogens with one attached hydrogen (secondary N) is 1. The molecule has 8 unspecified atom stereocenters. The van der Waals surface area contributed by atoms with Gasteiger partial charge in [-0.05, 0) is 77.0 Å². The maximum atomic E-state index is 13.3. The molecule has 0 aromatic rings. The quantitative estimate of drug-likeness (QED) is 0.0149. The summed E-state index contributed by atoms with van der Waals surface area (Å²) in [5, 5.41) is 56.7. The second-order valence-electron chi connectivity index (χ2n) is 19.8. The molecule has 0 aromatic carbocycles. The lowest BCUT2D eigenvalue weighted by molar-refractivity contribution is -0.305. The zero-order valence-electron chi connectivity index (χ0n) is 46.0. The van der Waals surface area contributed by atoms with E-state index in [2.05, 4.69) is 56.5 Å². The summed E-state index contributed by atoms with van der Waals surface area (Å²) in [6.45, 7) is 5.56. The van der Waals surface area contributed by atoms with Crippen LogP contribution in [0.4, 0.5) is 0 Å². The maximum absolute atomic E-state index is 13.3. The van der Waals surface area contributed by atoms with Crippen molar-refractivity contribution in [2.75, 3.05) is 13.2 Å². The van der Waals surface area contributed by atoms with Crippen LogP contribution in [-0.2, 0) is 23.8 Å². The van der Waals surface area contributed by atoms with Gasteiger partial charge in [0, 0.05) is 6.42 Å². The van der Waals surface area contributed by atoms with Gasteiger partial charge in [-0.1, -0.05) is 234 Å². The number of aliphatic hydroxyl groups excluding tert-OH is 5. The van der Waals surface area contributed by atoms with Gasteiger partial charge in [-0.15, -0.1) is 0 Å². The first-order chi connectivity index (χ1) is 35.7. The van der Waals surface area contributed by atoms with Gasteiger partial charge in [0.1, 0.15) is 24.4 Å². The highest BCUT2D eigenvalue weighted by Crippen LogP contribution is 2.26. The van der Waals surface area contributed by atoms with Crippen LogP contribution in [0.25, 0.3) is 0 Å². The van der Waals surface area contributed by atoms with Crippen molar-refractivity contribution in [3.05, 3.63) is 97.2 Å². The van der Waals surface area contributed by atoms with Crippen molar-refractivity contribution >= 4 is 11.9 Å². The van der Waals surface area contributed by atoms with Crippen LogP contribution >= 0.6 is 0 Å². The van der Waals surface area contributed by atoms with E-state index in [1.54, 1.807) is 6.08 Å². The molecule has 11 heteroatoms. The van der Waals surface area contributed by atoms with Crippen molar-refractivity contribution in [3.63, 3.8) is 0 Å². The van der Waals surface area contributed by atoms with E-state index in [-0.39, 0.29) is 19.4 Å². The average molecular weight is 1020 g/mol. The molecule has 1 aliphatic rings. The number of hydrogen-bond donors (Lipinski definition) is 6. The van der Waals surface area contributed by atoms with Crippen LogP contribution in [0.3, 0.4) is 0 Å². The van der Waals surface area contributed by atoms with Crippen molar-refractivity contribution in [3.8, 4) is 0 Å². The van der Waals surface area contributed by atoms with Crippen molar-refractivity contribution in [2.45, 2.75) is 269 Å². The topological polar surface area (TPSA) is 175 Å². The third kappa shape index (κ3) is 37.9. The molecule has 11 nitrogen and oxygen atoms in total. The Morgan fingerprint density at radius 1 is 0.562 bits per heavy atom. The molecule has 1 rings (SSSR count). The van der Waals surface area contributed by atoms with E-state index >= 15 is 0 Å². The predicted molar refractivity (Wildman–Crippen MR) is 301 cm³/mol. The molecule has 418 valence electrons. The molecule has 1 aliphatic heterocycles. The predicted octanol–water partition coefficient (Wildman–Crippen LogP) is 13.2. The van der Waals surface area contributed by atoms with Crippen LogP contribution in [0.5, 0.6) is 0 Å². The van der Waals surface area contributed by atoms with Crippen molar-refractivity contribution in [1.29, 1.82) is 0 Å². The Bertz CT molecular complexity index is 1550. The normalized spacial score (nSPS) is 20.1. The monoisotopic (exact) mass is 1020 g/mol. The highest BCUT2D eigenvalue weighted by molar-refractivity contribution is 5.80. The minimum absolute atomic E-state index is 0.108. The summed E-state index contributed by atoms with van der Waals surface area (Å²) < 4.78 is 17.6. The lowest BCUT2D eigenvalue weighted by Gasteiger charge is -2.41. The van der Waals surface area contributed by atoms with Gasteiger partial charge < -0.3 is 45.1 Å². The molecule has 0 aromatic heterocycles. The minimum Gasteiger partial charge on any atom is -0.454 e. The Morgan fingerprint density at radius 2 is 1.04 bits per heavy atom. The zero-order chi connectivity index (χ0) is 53.3. The van der Waals surface area contributed by atoms with E-state index in [1.807, 2.05) is 60.8 Å². The highest BCUT2D eigenvalue weighted by Gasteiger charge is 2.47. The summed E-state index contributed by atoms with van der Waals surface area (Å²) >= 11 is 0. The maximum Gasteiger partial charge on any atom is 0.306 e. The van der Waals surface area contributed by atoms with Crippen molar-refractivity contribution in [1.82, 2.24) is 5.32 Å². The van der Waals surface area contributed by atoms with Gasteiger partial charge in [0.2, 0.25) is 5.91 Å². The van der Waals surface area contributed by atoms with Gasteiger partial charge in [0.25, 0.3) is 0 Å². The van der Waals surface area contributed by atoms with Crippen LogP contribution in [0.2, 0.25) is 0 Å². The van der Waals surface area contributed by atoms with Gasteiger partial charge in [-0.3, -0.25) is 9.59 Å². The third-order valence-corrected chi connectivity index (χ3v) is 13.1. The second-order valence-corrected chi connectivity index (χ2v) is 19.8. The Labute approximate surface area is 444 Å². The standard InChI is InChI=1S/C62H105NO10/c1-4-7-10-13-16-19-22-24-26-27-28-29-30-32-35-38-41-44-47-50-57(67)73-60-59(69)58(68)56(51-64)72-62(60)71-52-53(54(65)48-45-42-39-36-33-21-18-15-12-9-6-3)63-61(70)55(66)49-46-43-40-37-34-31-25-23-20-17-14-11-8-5-2/h8,11,14,16-17,19-20,23-26,31,34,37,45,48,53-56,58-60,62,64-66,68-69H,4-7,9-10,12-13,15,18,21-22,27-30,32-33,35-36,38-44,46-47,49-52H2,1-3H3,(H,63,70)/b11-8+,17-14+,19-16-,23-20-,26-24-,31-25-,37-34+,48-45+. The smallest absolute Gasteiger partial charge is 0.306 e. The molecule has 0 radical (unpaired) electrons. The molecule has 1 saturated heterocycles. The van der Waals surface area contributed by atoms with Crippen LogP contribution in [0.1, 0.15) is 220 Å². The number of allylic oxidation sites excluding steroid dienone is 15. The number of carbonyl (C=O) groups is 2. The summed E-state index contributed by atoms with van der Waals surface area (Å²) in [5.74, 6) is -1.25. The molecule has 73 heavy (non-hydrogen) atoms. The SMILES string of the molecule is CC/C=C/C=C/C=C\C=C/C=C/CCCCC(O)C(=O)NC(COC1OC(CO)C(O)C(O)C1OC(=O)CCCCCCCCCCC/C=C\C/C=C\CCCCC)C(O)/C=C/CCCCCCCCCCC.